The maximum atomic E-state index is 13.2. The highest BCUT2D eigenvalue weighted by atomic mass is 32.2. The maximum absolute atomic E-state index is 13.2. The molecule has 0 N–H and O–H groups in total. The highest BCUT2D eigenvalue weighted by Crippen LogP contribution is 2.41. The van der Waals surface area contributed by atoms with Crippen LogP contribution in [0.5, 0.6) is 17.2 Å². The van der Waals surface area contributed by atoms with Crippen molar-refractivity contribution in [1.82, 2.24) is 14.9 Å². The average Bonchev–Trinajstić information content (AvgIpc) is 3.16. The molecule has 0 radical (unpaired) electrons. The van der Waals surface area contributed by atoms with Gasteiger partial charge in [-0.15, -0.1) is 10.2 Å². The van der Waals surface area contributed by atoms with Crippen molar-refractivity contribution in [2.45, 2.75) is 5.16 Å². The molecule has 7 nitrogen and oxygen atoms in total. The van der Waals surface area contributed by atoms with Gasteiger partial charge in [0.05, 0.1) is 27.0 Å². The first-order chi connectivity index (χ1) is 13.6. The number of ether oxygens (including phenoxy) is 3. The van der Waals surface area contributed by atoms with E-state index in [9.17, 15) is 4.39 Å². The van der Waals surface area contributed by atoms with Gasteiger partial charge in [0.25, 0.3) is 0 Å². The van der Waals surface area contributed by atoms with E-state index >= 15 is 0 Å². The molecule has 0 saturated heterocycles. The molecule has 144 valence electrons. The van der Waals surface area contributed by atoms with E-state index in [4.69, 9.17) is 14.2 Å². The van der Waals surface area contributed by atoms with E-state index < -0.39 is 0 Å². The van der Waals surface area contributed by atoms with E-state index in [1.165, 1.54) is 23.9 Å². The number of hydrogen-bond donors (Lipinski definition) is 0. The molecule has 3 aromatic rings. The SMILES string of the molecule is COc1cc(-c2nnc3n2N=C(c2ccc(F)cc2)CS3)cc(OC)c1OC. The number of benzene rings is 2. The molecule has 0 unspecified atom stereocenters. The standard InChI is InChI=1S/C19H17FN4O3S/c1-25-15-8-12(9-16(26-2)17(15)27-3)18-21-22-19-24(18)23-14(10-28-19)11-4-6-13(20)7-5-11/h4-9H,10H2,1-3H3. The molecule has 1 aliphatic rings. The van der Waals surface area contributed by atoms with Crippen molar-refractivity contribution < 1.29 is 18.6 Å². The molecule has 1 aliphatic heterocycles. The second-order valence-corrected chi connectivity index (χ2v) is 6.82. The molecule has 0 atom stereocenters. The lowest BCUT2D eigenvalue weighted by atomic mass is 10.1. The van der Waals surface area contributed by atoms with Crippen molar-refractivity contribution >= 4 is 17.5 Å². The Labute approximate surface area is 165 Å². The van der Waals surface area contributed by atoms with E-state index in [0.29, 0.717) is 34.0 Å². The molecular weight excluding hydrogens is 383 g/mol. The van der Waals surface area contributed by atoms with Crippen LogP contribution in [0.4, 0.5) is 4.39 Å². The molecule has 0 saturated carbocycles. The minimum Gasteiger partial charge on any atom is -0.493 e. The van der Waals surface area contributed by atoms with E-state index in [2.05, 4.69) is 15.3 Å². The zero-order chi connectivity index (χ0) is 19.7. The van der Waals surface area contributed by atoms with Gasteiger partial charge in [0.15, 0.2) is 17.3 Å². The van der Waals surface area contributed by atoms with Gasteiger partial charge in [0.2, 0.25) is 10.9 Å². The van der Waals surface area contributed by atoms with E-state index in [0.717, 1.165) is 16.8 Å². The molecule has 0 spiro atoms. The molecule has 2 heterocycles. The number of thioether (sulfide) groups is 1. The summed E-state index contributed by atoms with van der Waals surface area (Å²) >= 11 is 1.52. The zero-order valence-electron chi connectivity index (χ0n) is 15.5. The van der Waals surface area contributed by atoms with Crippen molar-refractivity contribution in [3.05, 3.63) is 47.8 Å². The third-order valence-electron chi connectivity index (χ3n) is 4.27. The second kappa shape index (κ2) is 7.51. The lowest BCUT2D eigenvalue weighted by molar-refractivity contribution is 0.324. The van der Waals surface area contributed by atoms with Gasteiger partial charge in [0.1, 0.15) is 5.82 Å². The molecule has 4 rings (SSSR count). The lowest BCUT2D eigenvalue weighted by Gasteiger charge is -2.16. The number of hydrogen-bond acceptors (Lipinski definition) is 7. The van der Waals surface area contributed by atoms with Crippen LogP contribution in [-0.4, -0.2) is 47.7 Å². The van der Waals surface area contributed by atoms with Crippen LogP contribution in [0.15, 0.2) is 46.7 Å². The molecule has 1 aromatic heterocycles. The summed E-state index contributed by atoms with van der Waals surface area (Å²) in [6, 6.07) is 9.86. The predicted octanol–water partition coefficient (Wildman–Crippen LogP) is 3.47. The number of aromatic nitrogens is 3. The Balaban J connectivity index is 1.81. The Morgan fingerprint density at radius 2 is 1.61 bits per heavy atom. The van der Waals surface area contributed by atoms with Crippen LogP contribution in [0.25, 0.3) is 11.4 Å². The van der Waals surface area contributed by atoms with E-state index in [-0.39, 0.29) is 5.82 Å². The minimum atomic E-state index is -0.282. The average molecular weight is 400 g/mol. The number of fused-ring (bicyclic) bond motifs is 1. The number of rotatable bonds is 5. The fourth-order valence-corrected chi connectivity index (χ4v) is 3.74. The summed E-state index contributed by atoms with van der Waals surface area (Å²) in [5.74, 6) is 2.41. The van der Waals surface area contributed by atoms with Crippen molar-refractivity contribution in [1.29, 1.82) is 0 Å². The molecule has 0 fully saturated rings. The Hall–Kier alpha value is -3.07. The minimum absolute atomic E-state index is 0.282. The van der Waals surface area contributed by atoms with Gasteiger partial charge in [-0.2, -0.15) is 9.78 Å². The summed E-state index contributed by atoms with van der Waals surface area (Å²) in [5, 5.41) is 13.9. The lowest BCUT2D eigenvalue weighted by Crippen LogP contribution is -2.13. The predicted molar refractivity (Wildman–Crippen MR) is 104 cm³/mol. The molecular formula is C19H17FN4O3S. The van der Waals surface area contributed by atoms with Gasteiger partial charge in [-0.05, 0) is 29.8 Å². The Kier molecular flexibility index (Phi) is 4.91. The van der Waals surface area contributed by atoms with Gasteiger partial charge in [-0.1, -0.05) is 23.9 Å². The van der Waals surface area contributed by atoms with E-state index in [1.54, 1.807) is 50.3 Å². The number of halogens is 1. The summed E-state index contributed by atoms with van der Waals surface area (Å²) in [4.78, 5) is 0. The van der Waals surface area contributed by atoms with E-state index in [1.807, 2.05) is 0 Å². The van der Waals surface area contributed by atoms with Crippen LogP contribution in [0.1, 0.15) is 5.56 Å². The smallest absolute Gasteiger partial charge is 0.212 e. The third-order valence-corrected chi connectivity index (χ3v) is 5.20. The first-order valence-electron chi connectivity index (χ1n) is 8.37. The normalized spacial score (nSPS) is 12.9. The number of nitrogens with zero attached hydrogens (tertiary/aromatic N) is 4. The monoisotopic (exact) mass is 400 g/mol. The topological polar surface area (TPSA) is 70.8 Å². The molecule has 0 aliphatic carbocycles. The van der Waals surface area contributed by atoms with Crippen LogP contribution >= 0.6 is 11.8 Å². The second-order valence-electron chi connectivity index (χ2n) is 5.87. The van der Waals surface area contributed by atoms with Crippen LogP contribution < -0.4 is 14.2 Å². The summed E-state index contributed by atoms with van der Waals surface area (Å²) < 4.78 is 31.1. The highest BCUT2D eigenvalue weighted by Gasteiger charge is 2.23. The summed E-state index contributed by atoms with van der Waals surface area (Å²) in [7, 11) is 4.66. The molecule has 0 amide bonds. The van der Waals surface area contributed by atoms with Gasteiger partial charge in [-0.3, -0.25) is 0 Å². The highest BCUT2D eigenvalue weighted by molar-refractivity contribution is 7.99. The maximum Gasteiger partial charge on any atom is 0.212 e. The molecule has 0 bridgehead atoms. The van der Waals surface area contributed by atoms with Gasteiger partial charge in [0, 0.05) is 11.3 Å². The molecule has 9 heteroatoms. The first-order valence-corrected chi connectivity index (χ1v) is 9.35. The fraction of sp³-hybridized carbons (Fsp3) is 0.211. The fourth-order valence-electron chi connectivity index (χ4n) is 2.90. The molecule has 28 heavy (non-hydrogen) atoms. The van der Waals surface area contributed by atoms with Crippen molar-refractivity contribution in [3.63, 3.8) is 0 Å². The van der Waals surface area contributed by atoms with Gasteiger partial charge < -0.3 is 14.2 Å². The third kappa shape index (κ3) is 3.18. The number of methoxy groups -OCH3 is 3. The van der Waals surface area contributed by atoms with Crippen LogP contribution in [0.3, 0.4) is 0 Å². The van der Waals surface area contributed by atoms with Crippen molar-refractivity contribution in [2.75, 3.05) is 27.1 Å². The first kappa shape index (κ1) is 18.3. The summed E-state index contributed by atoms with van der Waals surface area (Å²) in [6.45, 7) is 0. The van der Waals surface area contributed by atoms with Gasteiger partial charge in [-0.25, -0.2) is 4.39 Å². The largest absolute Gasteiger partial charge is 0.493 e. The summed E-state index contributed by atoms with van der Waals surface area (Å²) in [6.07, 6.45) is 0. The van der Waals surface area contributed by atoms with Crippen molar-refractivity contribution in [2.24, 2.45) is 5.10 Å². The van der Waals surface area contributed by atoms with Gasteiger partial charge >= 0.3 is 0 Å². The van der Waals surface area contributed by atoms with Crippen LogP contribution in [0.2, 0.25) is 0 Å². The quantitative estimate of drug-likeness (QED) is 0.653. The summed E-state index contributed by atoms with van der Waals surface area (Å²) in [5.41, 5.74) is 2.38. The van der Waals surface area contributed by atoms with Crippen molar-refractivity contribution in [3.8, 4) is 28.6 Å². The van der Waals surface area contributed by atoms with Crippen LogP contribution in [0, 0.1) is 5.82 Å². The van der Waals surface area contributed by atoms with Crippen LogP contribution in [-0.2, 0) is 0 Å². The Morgan fingerprint density at radius 3 is 2.21 bits per heavy atom. The Bertz CT molecular complexity index is 1020. The molecule has 2 aromatic carbocycles. The zero-order valence-corrected chi connectivity index (χ0v) is 16.3. The Morgan fingerprint density at radius 1 is 0.929 bits per heavy atom.